The van der Waals surface area contributed by atoms with Crippen molar-refractivity contribution in [2.45, 2.75) is 4.45 Å². The first kappa shape index (κ1) is 8.33. The molecule has 0 aromatic carbocycles. The molecule has 0 aromatic rings. The number of hydrogen-bond acceptors (Lipinski definition) is 3. The number of nitrogens with one attached hydrogen (secondary N) is 1. The number of methoxy groups -OCH3 is 1. The van der Waals surface area contributed by atoms with Gasteiger partial charge in [-0.15, -0.1) is 0 Å². The minimum atomic E-state index is -0.878. The summed E-state index contributed by atoms with van der Waals surface area (Å²) < 4.78 is 3.68. The number of carbonyl (C=O) groups is 1. The van der Waals surface area contributed by atoms with Crippen molar-refractivity contribution >= 4 is 21.9 Å². The number of dihydropyridines is 1. The maximum absolute atomic E-state index is 11.1. The second-order valence-electron chi connectivity index (χ2n) is 2.07. The molecule has 0 radical (unpaired) electrons. The van der Waals surface area contributed by atoms with Gasteiger partial charge in [0.05, 0.1) is 7.11 Å². The van der Waals surface area contributed by atoms with Crippen molar-refractivity contribution in [2.24, 2.45) is 0 Å². The van der Waals surface area contributed by atoms with Gasteiger partial charge in [-0.2, -0.15) is 0 Å². The van der Waals surface area contributed by atoms with Gasteiger partial charge in [-0.05, 0) is 34.3 Å². The Kier molecular flexibility index (Phi) is 2.34. The van der Waals surface area contributed by atoms with Crippen molar-refractivity contribution in [1.82, 2.24) is 5.32 Å². The Morgan fingerprint density at radius 1 is 1.64 bits per heavy atom. The molecule has 1 atom stereocenters. The van der Waals surface area contributed by atoms with Gasteiger partial charge in [-0.3, -0.25) is 0 Å². The molecule has 1 aliphatic rings. The lowest BCUT2D eigenvalue weighted by Crippen LogP contribution is -2.43. The second-order valence-corrected chi connectivity index (χ2v) is 3.32. The first-order valence-corrected chi connectivity index (χ1v) is 3.88. The summed E-state index contributed by atoms with van der Waals surface area (Å²) >= 11 is 3.20. The summed E-state index contributed by atoms with van der Waals surface area (Å²) in [5, 5.41) is 2.82. The average molecular weight is 218 g/mol. The summed E-state index contributed by atoms with van der Waals surface area (Å²) in [6, 6.07) is 0. The van der Waals surface area contributed by atoms with Gasteiger partial charge in [-0.1, -0.05) is 6.08 Å². The Morgan fingerprint density at radius 3 is 2.82 bits per heavy atom. The van der Waals surface area contributed by atoms with E-state index >= 15 is 0 Å². The largest absolute Gasteiger partial charge is 0.466 e. The average Bonchev–Trinajstić information content (AvgIpc) is 2.04. The van der Waals surface area contributed by atoms with Crippen LogP contribution in [-0.4, -0.2) is 17.5 Å². The molecule has 0 saturated carbocycles. The molecule has 1 heterocycles. The molecule has 1 aliphatic heterocycles. The summed E-state index contributed by atoms with van der Waals surface area (Å²) in [7, 11) is 1.35. The van der Waals surface area contributed by atoms with Crippen LogP contribution in [0.4, 0.5) is 0 Å². The molecule has 0 bridgehead atoms. The van der Waals surface area contributed by atoms with Crippen molar-refractivity contribution < 1.29 is 9.53 Å². The molecule has 3 nitrogen and oxygen atoms in total. The van der Waals surface area contributed by atoms with Crippen LogP contribution in [0.3, 0.4) is 0 Å². The van der Waals surface area contributed by atoms with Crippen LogP contribution in [-0.2, 0) is 9.53 Å². The predicted molar refractivity (Wildman–Crippen MR) is 45.1 cm³/mol. The fourth-order valence-electron chi connectivity index (χ4n) is 0.737. The summed E-state index contributed by atoms with van der Waals surface area (Å²) in [5.74, 6) is -0.363. The molecule has 1 unspecified atom stereocenters. The Labute approximate surface area is 73.2 Å². The van der Waals surface area contributed by atoms with Crippen LogP contribution in [0.25, 0.3) is 0 Å². The second kappa shape index (κ2) is 3.09. The van der Waals surface area contributed by atoms with Gasteiger partial charge in [0.1, 0.15) is 0 Å². The van der Waals surface area contributed by atoms with E-state index in [1.165, 1.54) is 7.11 Å². The molecular weight excluding hydrogens is 210 g/mol. The molecule has 0 amide bonds. The number of rotatable bonds is 1. The third-order valence-electron chi connectivity index (χ3n) is 1.31. The van der Waals surface area contributed by atoms with E-state index in [9.17, 15) is 4.79 Å². The monoisotopic (exact) mass is 217 g/mol. The fourth-order valence-corrected chi connectivity index (χ4v) is 1.18. The van der Waals surface area contributed by atoms with Crippen LogP contribution >= 0.6 is 15.9 Å². The van der Waals surface area contributed by atoms with E-state index in [2.05, 4.69) is 26.0 Å². The van der Waals surface area contributed by atoms with Crippen molar-refractivity contribution in [3.63, 3.8) is 0 Å². The van der Waals surface area contributed by atoms with Crippen LogP contribution in [0.5, 0.6) is 0 Å². The third kappa shape index (κ3) is 1.63. The Bertz CT molecular complexity index is 224. The fraction of sp³-hybridized carbons (Fsp3) is 0.286. The molecular formula is C7H8BrNO2. The van der Waals surface area contributed by atoms with Gasteiger partial charge in [0.15, 0.2) is 0 Å². The molecule has 1 N–H and O–H groups in total. The first-order valence-electron chi connectivity index (χ1n) is 3.08. The number of alkyl halides is 1. The standard InChI is InChI=1S/C7H8BrNO2/c1-11-6(10)7(8)4-2-3-5-9-7/h2-5,9H,1H3. The van der Waals surface area contributed by atoms with Crippen LogP contribution in [0.2, 0.25) is 0 Å². The minimum absolute atomic E-state index is 0.363. The Morgan fingerprint density at radius 2 is 2.36 bits per heavy atom. The number of halogens is 1. The summed E-state index contributed by atoms with van der Waals surface area (Å²) in [6.07, 6.45) is 6.91. The van der Waals surface area contributed by atoms with Gasteiger partial charge in [-0.25, -0.2) is 4.79 Å². The van der Waals surface area contributed by atoms with Crippen molar-refractivity contribution in [1.29, 1.82) is 0 Å². The third-order valence-corrected chi connectivity index (χ3v) is 2.13. The molecule has 0 saturated heterocycles. The van der Waals surface area contributed by atoms with Gasteiger partial charge < -0.3 is 10.1 Å². The van der Waals surface area contributed by atoms with Crippen LogP contribution in [0.1, 0.15) is 0 Å². The molecule has 4 heteroatoms. The highest BCUT2D eigenvalue weighted by Gasteiger charge is 2.33. The normalized spacial score (nSPS) is 27.8. The van der Waals surface area contributed by atoms with E-state index in [1.807, 2.05) is 0 Å². The Balaban J connectivity index is 2.75. The molecule has 0 aliphatic carbocycles. The number of carbonyl (C=O) groups excluding carboxylic acids is 1. The van der Waals surface area contributed by atoms with E-state index in [0.717, 1.165) is 0 Å². The molecule has 11 heavy (non-hydrogen) atoms. The van der Waals surface area contributed by atoms with E-state index in [1.54, 1.807) is 24.4 Å². The zero-order valence-electron chi connectivity index (χ0n) is 6.00. The number of ether oxygens (including phenoxy) is 1. The van der Waals surface area contributed by atoms with E-state index in [-0.39, 0.29) is 5.97 Å². The maximum atomic E-state index is 11.1. The molecule has 0 aromatic heterocycles. The molecule has 0 spiro atoms. The predicted octanol–water partition coefficient (Wildman–Crippen LogP) is 0.924. The summed E-state index contributed by atoms with van der Waals surface area (Å²) in [5.41, 5.74) is 0. The van der Waals surface area contributed by atoms with E-state index in [0.29, 0.717) is 0 Å². The minimum Gasteiger partial charge on any atom is -0.466 e. The lowest BCUT2D eigenvalue weighted by Gasteiger charge is -2.22. The summed E-state index contributed by atoms with van der Waals surface area (Å²) in [4.78, 5) is 11.1. The lowest BCUT2D eigenvalue weighted by atomic mass is 10.2. The van der Waals surface area contributed by atoms with Crippen LogP contribution in [0.15, 0.2) is 24.4 Å². The highest BCUT2D eigenvalue weighted by atomic mass is 79.9. The van der Waals surface area contributed by atoms with Crippen molar-refractivity contribution in [3.8, 4) is 0 Å². The quantitative estimate of drug-likeness (QED) is 0.404. The highest BCUT2D eigenvalue weighted by molar-refractivity contribution is 9.10. The van der Waals surface area contributed by atoms with Crippen LogP contribution < -0.4 is 5.32 Å². The smallest absolute Gasteiger partial charge is 0.346 e. The van der Waals surface area contributed by atoms with Crippen LogP contribution in [0, 0.1) is 0 Å². The zero-order chi connectivity index (χ0) is 8.32. The molecule has 0 fully saturated rings. The summed E-state index contributed by atoms with van der Waals surface area (Å²) in [6.45, 7) is 0. The van der Waals surface area contributed by atoms with E-state index < -0.39 is 4.45 Å². The van der Waals surface area contributed by atoms with Gasteiger partial charge in [0, 0.05) is 0 Å². The van der Waals surface area contributed by atoms with Crippen molar-refractivity contribution in [3.05, 3.63) is 24.4 Å². The topological polar surface area (TPSA) is 38.3 Å². The van der Waals surface area contributed by atoms with Crippen molar-refractivity contribution in [2.75, 3.05) is 7.11 Å². The first-order chi connectivity index (χ1) is 5.19. The number of esters is 1. The highest BCUT2D eigenvalue weighted by Crippen LogP contribution is 2.20. The number of allylic oxidation sites excluding steroid dienone is 2. The Hall–Kier alpha value is -0.770. The molecule has 60 valence electrons. The zero-order valence-corrected chi connectivity index (χ0v) is 7.59. The van der Waals surface area contributed by atoms with Gasteiger partial charge >= 0.3 is 5.97 Å². The molecule has 1 rings (SSSR count). The van der Waals surface area contributed by atoms with Gasteiger partial charge in [0.2, 0.25) is 4.45 Å². The number of hydrogen-bond donors (Lipinski definition) is 1. The SMILES string of the molecule is COC(=O)C1(Br)C=CC=CN1. The van der Waals surface area contributed by atoms with Gasteiger partial charge in [0.25, 0.3) is 0 Å². The lowest BCUT2D eigenvalue weighted by molar-refractivity contribution is -0.142. The maximum Gasteiger partial charge on any atom is 0.346 e. The van der Waals surface area contributed by atoms with E-state index in [4.69, 9.17) is 0 Å².